The molecule has 1 aromatic heterocycles. The average Bonchev–Trinajstić information content (AvgIpc) is 2.76. The van der Waals surface area contributed by atoms with Crippen molar-refractivity contribution in [1.29, 1.82) is 5.26 Å². The summed E-state index contributed by atoms with van der Waals surface area (Å²) in [5, 5.41) is 27.3. The SMILES string of the molecule is COC(=O)c1cc(C(O)C(O)CC#N)c[nH]1. The molecule has 0 saturated carbocycles. The van der Waals surface area contributed by atoms with E-state index in [1.165, 1.54) is 19.4 Å². The summed E-state index contributed by atoms with van der Waals surface area (Å²) in [6.45, 7) is 0. The Bertz CT molecular complexity index is 407. The van der Waals surface area contributed by atoms with Crippen LogP contribution in [0.25, 0.3) is 0 Å². The van der Waals surface area contributed by atoms with Crippen LogP contribution >= 0.6 is 0 Å². The lowest BCUT2D eigenvalue weighted by atomic mass is 10.1. The highest BCUT2D eigenvalue weighted by atomic mass is 16.5. The fourth-order valence-electron chi connectivity index (χ4n) is 1.24. The monoisotopic (exact) mass is 224 g/mol. The van der Waals surface area contributed by atoms with Crippen molar-refractivity contribution in [3.63, 3.8) is 0 Å². The maximum atomic E-state index is 11.1. The summed E-state index contributed by atoms with van der Waals surface area (Å²) in [6.07, 6.45) is -1.17. The summed E-state index contributed by atoms with van der Waals surface area (Å²) < 4.78 is 4.47. The number of aromatic nitrogens is 1. The van der Waals surface area contributed by atoms with Crippen molar-refractivity contribution in [2.75, 3.05) is 7.11 Å². The van der Waals surface area contributed by atoms with E-state index in [1.54, 1.807) is 6.07 Å². The molecule has 6 heteroatoms. The number of nitriles is 1. The van der Waals surface area contributed by atoms with Crippen LogP contribution in [0.5, 0.6) is 0 Å². The lowest BCUT2D eigenvalue weighted by Crippen LogP contribution is -2.16. The molecule has 86 valence electrons. The highest BCUT2D eigenvalue weighted by molar-refractivity contribution is 5.87. The number of carbonyl (C=O) groups is 1. The van der Waals surface area contributed by atoms with Crippen LogP contribution in [0.4, 0.5) is 0 Å². The van der Waals surface area contributed by atoms with Crippen molar-refractivity contribution in [3.05, 3.63) is 23.5 Å². The number of carbonyl (C=O) groups excluding carboxylic acids is 1. The zero-order valence-corrected chi connectivity index (χ0v) is 8.67. The molecule has 0 bridgehead atoms. The van der Waals surface area contributed by atoms with Gasteiger partial charge in [-0.2, -0.15) is 5.26 Å². The highest BCUT2D eigenvalue weighted by Gasteiger charge is 2.20. The number of aliphatic hydroxyl groups excluding tert-OH is 2. The zero-order valence-electron chi connectivity index (χ0n) is 8.67. The molecule has 6 nitrogen and oxygen atoms in total. The Kier molecular flexibility index (Phi) is 4.05. The quantitative estimate of drug-likeness (QED) is 0.629. The molecule has 1 aromatic rings. The van der Waals surface area contributed by atoms with Gasteiger partial charge in [0.1, 0.15) is 11.8 Å². The Morgan fingerprint density at radius 2 is 2.38 bits per heavy atom. The minimum atomic E-state index is -1.20. The van der Waals surface area contributed by atoms with E-state index in [9.17, 15) is 15.0 Å². The zero-order chi connectivity index (χ0) is 12.1. The molecule has 0 aromatic carbocycles. The summed E-state index contributed by atoms with van der Waals surface area (Å²) in [6, 6.07) is 3.12. The van der Waals surface area contributed by atoms with Gasteiger partial charge in [0.2, 0.25) is 0 Å². The second-order valence-electron chi connectivity index (χ2n) is 3.21. The molecule has 0 aliphatic carbocycles. The number of ether oxygens (including phenoxy) is 1. The van der Waals surface area contributed by atoms with Gasteiger partial charge in [-0.05, 0) is 6.07 Å². The largest absolute Gasteiger partial charge is 0.464 e. The number of nitrogens with one attached hydrogen (secondary N) is 1. The van der Waals surface area contributed by atoms with Gasteiger partial charge in [-0.3, -0.25) is 0 Å². The van der Waals surface area contributed by atoms with E-state index >= 15 is 0 Å². The molecule has 2 atom stereocenters. The first-order valence-corrected chi connectivity index (χ1v) is 4.60. The van der Waals surface area contributed by atoms with Gasteiger partial charge in [-0.1, -0.05) is 0 Å². The maximum Gasteiger partial charge on any atom is 0.354 e. The molecule has 2 unspecified atom stereocenters. The second kappa shape index (κ2) is 5.30. The Hall–Kier alpha value is -1.84. The average molecular weight is 224 g/mol. The first-order valence-electron chi connectivity index (χ1n) is 4.60. The van der Waals surface area contributed by atoms with Crippen LogP contribution in [-0.2, 0) is 4.74 Å². The van der Waals surface area contributed by atoms with E-state index in [4.69, 9.17) is 5.26 Å². The van der Waals surface area contributed by atoms with E-state index in [0.717, 1.165) is 0 Å². The molecule has 3 N–H and O–H groups in total. The van der Waals surface area contributed by atoms with Crippen LogP contribution in [0, 0.1) is 11.3 Å². The standard InChI is InChI=1S/C10H12N2O4/c1-16-10(15)7-4-6(5-12-7)9(14)8(13)2-3-11/h4-5,8-9,12-14H,2H2,1H3. The van der Waals surface area contributed by atoms with Crippen LogP contribution in [0.15, 0.2) is 12.3 Å². The van der Waals surface area contributed by atoms with Crippen LogP contribution in [-0.4, -0.2) is 34.4 Å². The molecule has 0 aliphatic rings. The number of aliphatic hydroxyl groups is 2. The van der Waals surface area contributed by atoms with Gasteiger partial charge in [0.25, 0.3) is 0 Å². The third kappa shape index (κ3) is 2.59. The van der Waals surface area contributed by atoms with Crippen LogP contribution in [0.1, 0.15) is 28.6 Å². The smallest absolute Gasteiger partial charge is 0.354 e. The van der Waals surface area contributed by atoms with Crippen molar-refractivity contribution >= 4 is 5.97 Å². The fraction of sp³-hybridized carbons (Fsp3) is 0.400. The Morgan fingerprint density at radius 3 is 2.94 bits per heavy atom. The molecule has 0 radical (unpaired) electrons. The predicted molar refractivity (Wildman–Crippen MR) is 53.3 cm³/mol. The second-order valence-corrected chi connectivity index (χ2v) is 3.21. The highest BCUT2D eigenvalue weighted by Crippen LogP contribution is 2.19. The van der Waals surface area contributed by atoms with E-state index in [0.29, 0.717) is 5.56 Å². The van der Waals surface area contributed by atoms with Crippen LogP contribution in [0.2, 0.25) is 0 Å². The number of H-pyrrole nitrogens is 1. The normalized spacial score (nSPS) is 13.9. The lowest BCUT2D eigenvalue weighted by Gasteiger charge is -2.12. The van der Waals surface area contributed by atoms with Gasteiger partial charge in [-0.25, -0.2) is 4.79 Å². The van der Waals surface area contributed by atoms with Gasteiger partial charge in [0.15, 0.2) is 0 Å². The number of methoxy groups -OCH3 is 1. The van der Waals surface area contributed by atoms with E-state index in [-0.39, 0.29) is 12.1 Å². The lowest BCUT2D eigenvalue weighted by molar-refractivity contribution is 0.0217. The van der Waals surface area contributed by atoms with Crippen molar-refractivity contribution < 1.29 is 19.7 Å². The van der Waals surface area contributed by atoms with Gasteiger partial charge in [-0.15, -0.1) is 0 Å². The van der Waals surface area contributed by atoms with E-state index < -0.39 is 18.2 Å². The summed E-state index contributed by atoms with van der Waals surface area (Å²) >= 11 is 0. The number of hydrogen-bond acceptors (Lipinski definition) is 5. The van der Waals surface area contributed by atoms with Gasteiger partial charge in [0.05, 0.1) is 25.7 Å². The molecule has 0 fully saturated rings. The molecule has 0 saturated heterocycles. The van der Waals surface area contributed by atoms with Crippen LogP contribution < -0.4 is 0 Å². The minimum Gasteiger partial charge on any atom is -0.464 e. The molecular weight excluding hydrogens is 212 g/mol. The molecule has 0 amide bonds. The molecule has 0 aliphatic heterocycles. The number of aromatic amines is 1. The summed E-state index contributed by atoms with van der Waals surface area (Å²) in [7, 11) is 1.24. The first-order chi connectivity index (χ1) is 7.60. The van der Waals surface area contributed by atoms with Crippen LogP contribution in [0.3, 0.4) is 0 Å². The third-order valence-electron chi connectivity index (χ3n) is 2.12. The molecule has 0 spiro atoms. The maximum absolute atomic E-state index is 11.1. The Labute approximate surface area is 92.1 Å². The molecule has 1 heterocycles. The van der Waals surface area contributed by atoms with Gasteiger partial charge < -0.3 is 19.9 Å². The minimum absolute atomic E-state index is 0.181. The summed E-state index contributed by atoms with van der Waals surface area (Å²) in [5.41, 5.74) is 0.517. The summed E-state index contributed by atoms with van der Waals surface area (Å²) in [4.78, 5) is 13.7. The molecule has 16 heavy (non-hydrogen) atoms. The van der Waals surface area contributed by atoms with E-state index in [1.807, 2.05) is 0 Å². The number of esters is 1. The third-order valence-corrected chi connectivity index (χ3v) is 2.12. The van der Waals surface area contributed by atoms with E-state index in [2.05, 4.69) is 9.72 Å². The molecule has 1 rings (SSSR count). The molecular formula is C10H12N2O4. The first kappa shape index (κ1) is 12.2. The van der Waals surface area contributed by atoms with Crippen molar-refractivity contribution in [2.24, 2.45) is 0 Å². The van der Waals surface area contributed by atoms with Crippen molar-refractivity contribution in [2.45, 2.75) is 18.6 Å². The van der Waals surface area contributed by atoms with Gasteiger partial charge >= 0.3 is 5.97 Å². The number of hydrogen-bond donors (Lipinski definition) is 3. The van der Waals surface area contributed by atoms with Crippen molar-refractivity contribution in [1.82, 2.24) is 4.98 Å². The Balaban J connectivity index is 2.78. The van der Waals surface area contributed by atoms with Gasteiger partial charge in [0, 0.05) is 11.8 Å². The number of rotatable bonds is 4. The summed E-state index contributed by atoms with van der Waals surface area (Å²) in [5.74, 6) is -0.562. The topological polar surface area (TPSA) is 106 Å². The fourth-order valence-corrected chi connectivity index (χ4v) is 1.24. The van der Waals surface area contributed by atoms with Crippen molar-refractivity contribution in [3.8, 4) is 6.07 Å². The number of nitrogens with zero attached hydrogens (tertiary/aromatic N) is 1. The Morgan fingerprint density at radius 1 is 1.69 bits per heavy atom. The predicted octanol–water partition coefficient (Wildman–Crippen LogP) is 0.109.